The van der Waals surface area contributed by atoms with Crippen LogP contribution in [0.4, 0.5) is 17.6 Å². The first kappa shape index (κ1) is 13.3. The van der Waals surface area contributed by atoms with E-state index in [1.165, 1.54) is 6.07 Å². The molecule has 0 bridgehead atoms. The molecule has 0 aliphatic carbocycles. The van der Waals surface area contributed by atoms with E-state index in [9.17, 15) is 17.6 Å². The molecule has 0 unspecified atom stereocenters. The molecule has 0 amide bonds. The van der Waals surface area contributed by atoms with Gasteiger partial charge in [-0.2, -0.15) is 13.2 Å². The lowest BCUT2D eigenvalue weighted by molar-refractivity contribution is -0.105. The summed E-state index contributed by atoms with van der Waals surface area (Å²) >= 11 is 6.52. The summed E-state index contributed by atoms with van der Waals surface area (Å²) in [7, 11) is 0. The summed E-state index contributed by atoms with van der Waals surface area (Å²) < 4.78 is 49.2. The summed E-state index contributed by atoms with van der Waals surface area (Å²) in [6, 6.07) is 2.44. The molecule has 0 aliphatic rings. The van der Waals surface area contributed by atoms with Crippen molar-refractivity contribution in [2.75, 3.05) is 5.75 Å². The fourth-order valence-electron chi connectivity index (χ4n) is 0.775. The number of hydrogen-bond donors (Lipinski definition) is 0. The Labute approximate surface area is 105 Å². The molecule has 0 atom stereocenters. The van der Waals surface area contributed by atoms with Crippen molar-refractivity contribution in [3.05, 3.63) is 26.9 Å². The molecule has 0 spiro atoms. The molecule has 0 heterocycles. The zero-order valence-electron chi connectivity index (χ0n) is 7.04. The van der Waals surface area contributed by atoms with Gasteiger partial charge in [-0.3, -0.25) is 0 Å². The summed E-state index contributed by atoms with van der Waals surface area (Å²) in [6.07, 6.45) is -4.23. The molecule has 0 N–H and O–H groups in total. The summed E-state index contributed by atoms with van der Waals surface area (Å²) in [5.41, 5.74) is 0. The molecular weight excluding hydrogens is 364 g/mol. The lowest BCUT2D eigenvalue weighted by Crippen LogP contribution is -2.10. The average molecular weight is 368 g/mol. The standard InChI is InChI=1S/C8H4Br2F4S/c9-4-2-7(5(10)1-6(4)11)15-3-8(12,13)14/h1-2H,3H2. The molecular formula is C8H4Br2F4S. The van der Waals surface area contributed by atoms with Crippen molar-refractivity contribution in [3.63, 3.8) is 0 Å². The Morgan fingerprint density at radius 1 is 1.13 bits per heavy atom. The normalized spacial score (nSPS) is 11.9. The first-order chi connectivity index (χ1) is 6.79. The molecule has 0 fully saturated rings. The van der Waals surface area contributed by atoms with E-state index in [-0.39, 0.29) is 4.47 Å². The third-order valence-corrected chi connectivity index (χ3v) is 4.01. The third kappa shape index (κ3) is 4.32. The smallest absolute Gasteiger partial charge is 0.206 e. The van der Waals surface area contributed by atoms with Gasteiger partial charge in [0.2, 0.25) is 0 Å². The highest BCUT2D eigenvalue weighted by molar-refractivity contribution is 9.11. The van der Waals surface area contributed by atoms with E-state index in [0.717, 1.165) is 6.07 Å². The van der Waals surface area contributed by atoms with E-state index in [1.54, 1.807) is 0 Å². The Hall–Kier alpha value is 0.250. The van der Waals surface area contributed by atoms with Gasteiger partial charge in [0.1, 0.15) is 5.82 Å². The molecule has 84 valence electrons. The van der Waals surface area contributed by atoms with Crippen LogP contribution < -0.4 is 0 Å². The van der Waals surface area contributed by atoms with Gasteiger partial charge in [0.15, 0.2) is 0 Å². The molecule has 0 aromatic heterocycles. The predicted octanol–water partition coefficient (Wildman–Crippen LogP) is 5.01. The second-order valence-electron chi connectivity index (χ2n) is 2.60. The van der Waals surface area contributed by atoms with Crippen molar-refractivity contribution in [1.82, 2.24) is 0 Å². The Balaban J connectivity index is 2.82. The van der Waals surface area contributed by atoms with Gasteiger partial charge in [0.25, 0.3) is 0 Å². The van der Waals surface area contributed by atoms with Crippen LogP contribution in [0.25, 0.3) is 0 Å². The van der Waals surface area contributed by atoms with Crippen LogP contribution in [0.3, 0.4) is 0 Å². The van der Waals surface area contributed by atoms with Gasteiger partial charge in [-0.1, -0.05) is 0 Å². The van der Waals surface area contributed by atoms with Crippen molar-refractivity contribution < 1.29 is 17.6 Å². The molecule has 0 radical (unpaired) electrons. The lowest BCUT2D eigenvalue weighted by atomic mass is 10.3. The zero-order valence-corrected chi connectivity index (χ0v) is 11.0. The van der Waals surface area contributed by atoms with E-state index in [2.05, 4.69) is 31.9 Å². The molecule has 1 aromatic rings. The van der Waals surface area contributed by atoms with Crippen LogP contribution >= 0.6 is 43.6 Å². The van der Waals surface area contributed by atoms with Gasteiger partial charge >= 0.3 is 6.18 Å². The van der Waals surface area contributed by atoms with Gasteiger partial charge in [0.05, 0.1) is 10.2 Å². The van der Waals surface area contributed by atoms with Crippen LogP contribution in [0.15, 0.2) is 26.0 Å². The summed E-state index contributed by atoms with van der Waals surface area (Å²) in [4.78, 5) is 0.348. The quantitative estimate of drug-likeness (QED) is 0.402. The van der Waals surface area contributed by atoms with Crippen molar-refractivity contribution in [1.29, 1.82) is 0 Å². The Bertz CT molecular complexity index is 364. The Kier molecular flexibility index (Phi) is 4.49. The van der Waals surface area contributed by atoms with Crippen molar-refractivity contribution in [2.45, 2.75) is 11.1 Å². The van der Waals surface area contributed by atoms with Gasteiger partial charge in [-0.15, -0.1) is 11.8 Å². The minimum Gasteiger partial charge on any atom is -0.206 e. The molecule has 0 saturated carbocycles. The summed E-state index contributed by atoms with van der Waals surface area (Å²) in [6.45, 7) is 0. The molecule has 7 heteroatoms. The molecule has 0 saturated heterocycles. The fourth-order valence-corrected chi connectivity index (χ4v) is 2.65. The largest absolute Gasteiger partial charge is 0.398 e. The number of hydrogen-bond acceptors (Lipinski definition) is 1. The van der Waals surface area contributed by atoms with Crippen LogP contribution in [-0.2, 0) is 0 Å². The first-order valence-electron chi connectivity index (χ1n) is 3.63. The van der Waals surface area contributed by atoms with E-state index in [0.29, 0.717) is 21.1 Å². The van der Waals surface area contributed by atoms with Gasteiger partial charge in [-0.05, 0) is 44.0 Å². The topological polar surface area (TPSA) is 0 Å². The maximum Gasteiger partial charge on any atom is 0.398 e. The number of halogens is 6. The highest BCUT2D eigenvalue weighted by Gasteiger charge is 2.27. The third-order valence-electron chi connectivity index (χ3n) is 1.37. The molecule has 0 nitrogen and oxygen atoms in total. The monoisotopic (exact) mass is 366 g/mol. The number of benzene rings is 1. The fraction of sp³-hybridized carbons (Fsp3) is 0.250. The van der Waals surface area contributed by atoms with Crippen LogP contribution in [0.2, 0.25) is 0 Å². The van der Waals surface area contributed by atoms with E-state index in [1.807, 2.05) is 0 Å². The number of rotatable bonds is 2. The molecule has 1 rings (SSSR count). The summed E-state index contributed by atoms with van der Waals surface area (Å²) in [5.74, 6) is -1.51. The van der Waals surface area contributed by atoms with E-state index < -0.39 is 17.7 Å². The van der Waals surface area contributed by atoms with Gasteiger partial charge < -0.3 is 0 Å². The van der Waals surface area contributed by atoms with Gasteiger partial charge in [0, 0.05) is 9.37 Å². The van der Waals surface area contributed by atoms with Crippen molar-refractivity contribution >= 4 is 43.6 Å². The Morgan fingerprint density at radius 3 is 2.27 bits per heavy atom. The average Bonchev–Trinajstić information content (AvgIpc) is 2.07. The number of thioether (sulfide) groups is 1. The van der Waals surface area contributed by atoms with Crippen LogP contribution in [0.5, 0.6) is 0 Å². The predicted molar refractivity (Wildman–Crippen MR) is 58.6 cm³/mol. The van der Waals surface area contributed by atoms with Crippen LogP contribution in [0.1, 0.15) is 0 Å². The minimum atomic E-state index is -4.23. The van der Waals surface area contributed by atoms with Crippen LogP contribution in [0, 0.1) is 5.82 Å². The zero-order chi connectivity index (χ0) is 11.6. The number of alkyl halides is 3. The van der Waals surface area contributed by atoms with Crippen molar-refractivity contribution in [2.24, 2.45) is 0 Å². The molecule has 15 heavy (non-hydrogen) atoms. The van der Waals surface area contributed by atoms with E-state index >= 15 is 0 Å². The Morgan fingerprint density at radius 2 is 1.73 bits per heavy atom. The maximum absolute atomic E-state index is 12.9. The highest BCUT2D eigenvalue weighted by atomic mass is 79.9. The van der Waals surface area contributed by atoms with Gasteiger partial charge in [-0.25, -0.2) is 4.39 Å². The van der Waals surface area contributed by atoms with Crippen LogP contribution in [-0.4, -0.2) is 11.9 Å². The second-order valence-corrected chi connectivity index (χ2v) is 5.33. The van der Waals surface area contributed by atoms with Crippen molar-refractivity contribution in [3.8, 4) is 0 Å². The molecule has 1 aromatic carbocycles. The maximum atomic E-state index is 12.9. The first-order valence-corrected chi connectivity index (χ1v) is 6.21. The summed E-state index contributed by atoms with van der Waals surface area (Å²) in [5, 5.41) is 0. The minimum absolute atomic E-state index is 0.148. The second kappa shape index (κ2) is 5.05. The van der Waals surface area contributed by atoms with E-state index in [4.69, 9.17) is 0 Å². The SMILES string of the molecule is Fc1cc(Br)c(SCC(F)(F)F)cc1Br. The lowest BCUT2D eigenvalue weighted by Gasteiger charge is -2.08. The molecule has 0 aliphatic heterocycles. The highest BCUT2D eigenvalue weighted by Crippen LogP contribution is 2.35.